The minimum Gasteiger partial charge on any atom is -0.478 e. The summed E-state index contributed by atoms with van der Waals surface area (Å²) in [6.45, 7) is 0.0549. The first-order valence-corrected chi connectivity index (χ1v) is 8.72. The van der Waals surface area contributed by atoms with Crippen LogP contribution in [-0.2, 0) is 10.9 Å². The molecule has 0 saturated carbocycles. The van der Waals surface area contributed by atoms with Gasteiger partial charge in [0.25, 0.3) is 0 Å². The van der Waals surface area contributed by atoms with Gasteiger partial charge in [0.05, 0.1) is 10.9 Å². The van der Waals surface area contributed by atoms with Crippen LogP contribution in [0.2, 0.25) is 0 Å². The summed E-state index contributed by atoms with van der Waals surface area (Å²) in [6, 6.07) is 25.3. The molecule has 0 amide bonds. The quantitative estimate of drug-likeness (QED) is 0.474. The highest BCUT2D eigenvalue weighted by atomic mass is 32.2. The Hall–Kier alpha value is -2.70. The van der Waals surface area contributed by atoms with Gasteiger partial charge in [0.1, 0.15) is 6.61 Å². The van der Waals surface area contributed by atoms with Crippen molar-refractivity contribution < 1.29 is 9.13 Å². The summed E-state index contributed by atoms with van der Waals surface area (Å²) >= 11 is 0. The standard InChI is InChI=1S/C21H16FOS/c1-2-15-23-21-14-13-19(16-20(21)22)24(17-9-5-3-6-10-17)18-11-7-4-8-12-18/h1,3-14,16H,15H2/q+1. The second-order valence-electron chi connectivity index (χ2n) is 5.02. The van der Waals surface area contributed by atoms with E-state index in [2.05, 4.69) is 30.2 Å². The maximum atomic E-state index is 14.4. The molecule has 0 unspecified atom stereocenters. The van der Waals surface area contributed by atoms with Crippen LogP contribution in [0.4, 0.5) is 4.39 Å². The van der Waals surface area contributed by atoms with E-state index in [9.17, 15) is 4.39 Å². The SMILES string of the molecule is C#CCOc1ccc([S+](c2ccccc2)c2ccccc2)cc1F. The third-order valence-electron chi connectivity index (χ3n) is 3.41. The zero-order valence-corrected chi connectivity index (χ0v) is 13.8. The molecule has 0 heterocycles. The van der Waals surface area contributed by atoms with Crippen molar-refractivity contribution >= 4 is 10.9 Å². The fourth-order valence-electron chi connectivity index (χ4n) is 2.37. The summed E-state index contributed by atoms with van der Waals surface area (Å²) in [5, 5.41) is 0. The number of ether oxygens (including phenoxy) is 1. The number of rotatable bonds is 5. The van der Waals surface area contributed by atoms with Gasteiger partial charge in [-0.1, -0.05) is 42.3 Å². The minimum absolute atomic E-state index is 0.0549. The Morgan fingerprint density at radius 3 is 1.92 bits per heavy atom. The molecule has 3 aromatic carbocycles. The molecule has 0 saturated heterocycles. The Morgan fingerprint density at radius 1 is 0.833 bits per heavy atom. The van der Waals surface area contributed by atoms with E-state index < -0.39 is 5.82 Å². The molecule has 3 aromatic rings. The molecule has 0 bridgehead atoms. The van der Waals surface area contributed by atoms with Crippen LogP contribution < -0.4 is 4.74 Å². The number of hydrogen-bond acceptors (Lipinski definition) is 1. The summed E-state index contributed by atoms with van der Waals surface area (Å²) in [5.41, 5.74) is 0. The molecule has 0 atom stereocenters. The minimum atomic E-state index is -0.396. The maximum absolute atomic E-state index is 14.4. The van der Waals surface area contributed by atoms with Crippen molar-refractivity contribution in [2.24, 2.45) is 0 Å². The second-order valence-corrected chi connectivity index (χ2v) is 7.04. The van der Waals surface area contributed by atoms with Crippen molar-refractivity contribution in [1.82, 2.24) is 0 Å². The molecule has 1 nitrogen and oxygen atoms in total. The van der Waals surface area contributed by atoms with Crippen molar-refractivity contribution in [3.05, 3.63) is 84.7 Å². The van der Waals surface area contributed by atoms with E-state index in [1.807, 2.05) is 42.5 Å². The van der Waals surface area contributed by atoms with Crippen molar-refractivity contribution in [3.63, 3.8) is 0 Å². The zero-order chi connectivity index (χ0) is 16.8. The summed E-state index contributed by atoms with van der Waals surface area (Å²) in [4.78, 5) is 3.18. The molecule has 0 aliphatic carbocycles. The number of halogens is 1. The average molecular weight is 335 g/mol. The van der Waals surface area contributed by atoms with Gasteiger partial charge in [0, 0.05) is 6.07 Å². The van der Waals surface area contributed by atoms with Crippen LogP contribution in [0.5, 0.6) is 5.75 Å². The number of terminal acetylenes is 1. The lowest BCUT2D eigenvalue weighted by Gasteiger charge is -2.09. The molecule has 0 spiro atoms. The Balaban J connectivity index is 2.04. The van der Waals surface area contributed by atoms with Crippen LogP contribution in [-0.4, -0.2) is 6.61 Å². The maximum Gasteiger partial charge on any atom is 0.170 e. The molecule has 0 radical (unpaired) electrons. The van der Waals surface area contributed by atoms with Crippen LogP contribution in [0.1, 0.15) is 0 Å². The summed E-state index contributed by atoms with van der Waals surface area (Å²) in [6.07, 6.45) is 5.16. The number of hydrogen-bond donors (Lipinski definition) is 0. The van der Waals surface area contributed by atoms with Gasteiger partial charge < -0.3 is 4.74 Å². The van der Waals surface area contributed by atoms with E-state index in [0.717, 1.165) is 14.7 Å². The molecular formula is C21H16FOS+. The van der Waals surface area contributed by atoms with Gasteiger partial charge >= 0.3 is 0 Å². The molecule has 0 aliphatic rings. The van der Waals surface area contributed by atoms with E-state index in [4.69, 9.17) is 11.2 Å². The van der Waals surface area contributed by atoms with Crippen LogP contribution >= 0.6 is 0 Å². The fourth-order valence-corrected chi connectivity index (χ4v) is 4.47. The highest BCUT2D eigenvalue weighted by Crippen LogP contribution is 2.33. The van der Waals surface area contributed by atoms with Gasteiger partial charge in [-0.2, -0.15) is 0 Å². The lowest BCUT2D eigenvalue weighted by atomic mass is 10.3. The van der Waals surface area contributed by atoms with Crippen LogP contribution in [0.25, 0.3) is 0 Å². The average Bonchev–Trinajstić information content (AvgIpc) is 2.63. The predicted octanol–water partition coefficient (Wildman–Crippen LogP) is 4.93. The van der Waals surface area contributed by atoms with E-state index in [1.165, 1.54) is 6.07 Å². The van der Waals surface area contributed by atoms with Crippen molar-refractivity contribution in [3.8, 4) is 18.1 Å². The topological polar surface area (TPSA) is 9.23 Å². The van der Waals surface area contributed by atoms with Gasteiger partial charge in [-0.25, -0.2) is 4.39 Å². The van der Waals surface area contributed by atoms with Crippen LogP contribution in [0, 0.1) is 18.2 Å². The van der Waals surface area contributed by atoms with Gasteiger partial charge in [-0.3, -0.25) is 0 Å². The second kappa shape index (κ2) is 7.72. The molecular weight excluding hydrogens is 319 g/mol. The summed E-state index contributed by atoms with van der Waals surface area (Å²) in [5.74, 6) is 2.13. The Kier molecular flexibility index (Phi) is 5.20. The van der Waals surface area contributed by atoms with Crippen molar-refractivity contribution in [2.75, 3.05) is 6.61 Å². The van der Waals surface area contributed by atoms with Crippen LogP contribution in [0.3, 0.4) is 0 Å². The van der Waals surface area contributed by atoms with E-state index in [0.29, 0.717) is 0 Å². The summed E-state index contributed by atoms with van der Waals surface area (Å²) in [7, 11) is -0.375. The van der Waals surface area contributed by atoms with E-state index in [-0.39, 0.29) is 23.3 Å². The highest BCUT2D eigenvalue weighted by Gasteiger charge is 2.29. The highest BCUT2D eigenvalue weighted by molar-refractivity contribution is 7.97. The molecule has 0 fully saturated rings. The van der Waals surface area contributed by atoms with Crippen molar-refractivity contribution in [2.45, 2.75) is 14.7 Å². The molecule has 0 aromatic heterocycles. The third kappa shape index (κ3) is 3.61. The normalized spacial score (nSPS) is 10.4. The molecule has 0 aliphatic heterocycles. The Morgan fingerprint density at radius 2 is 1.42 bits per heavy atom. The molecule has 0 N–H and O–H groups in total. The lowest BCUT2D eigenvalue weighted by Crippen LogP contribution is -2.06. The molecule has 24 heavy (non-hydrogen) atoms. The van der Waals surface area contributed by atoms with Crippen LogP contribution in [0.15, 0.2) is 93.5 Å². The first-order valence-electron chi connectivity index (χ1n) is 7.50. The largest absolute Gasteiger partial charge is 0.478 e. The van der Waals surface area contributed by atoms with Gasteiger partial charge in [-0.15, -0.1) is 6.42 Å². The lowest BCUT2D eigenvalue weighted by molar-refractivity contribution is 0.347. The fraction of sp³-hybridized carbons (Fsp3) is 0.0476. The Bertz CT molecular complexity index is 801. The summed E-state index contributed by atoms with van der Waals surface area (Å²) < 4.78 is 19.6. The third-order valence-corrected chi connectivity index (χ3v) is 5.62. The molecule has 3 rings (SSSR count). The smallest absolute Gasteiger partial charge is 0.170 e. The molecule has 3 heteroatoms. The zero-order valence-electron chi connectivity index (χ0n) is 13.0. The van der Waals surface area contributed by atoms with E-state index >= 15 is 0 Å². The van der Waals surface area contributed by atoms with Gasteiger partial charge in [-0.05, 0) is 36.4 Å². The van der Waals surface area contributed by atoms with Crippen molar-refractivity contribution in [1.29, 1.82) is 0 Å². The first-order chi connectivity index (χ1) is 11.8. The molecule has 118 valence electrons. The monoisotopic (exact) mass is 335 g/mol. The predicted molar refractivity (Wildman–Crippen MR) is 95.8 cm³/mol. The first kappa shape index (κ1) is 16.2. The Labute approximate surface area is 144 Å². The van der Waals surface area contributed by atoms with E-state index in [1.54, 1.807) is 6.07 Å². The van der Waals surface area contributed by atoms with Gasteiger partial charge in [0.2, 0.25) is 0 Å². The van der Waals surface area contributed by atoms with Gasteiger partial charge in [0.15, 0.2) is 26.3 Å². The number of benzene rings is 3.